The second-order valence-electron chi connectivity index (χ2n) is 7.08. The third-order valence-electron chi connectivity index (χ3n) is 4.90. The highest BCUT2D eigenvalue weighted by Gasteiger charge is 2.16. The smallest absolute Gasteiger partial charge is 0.200 e. The van der Waals surface area contributed by atoms with Crippen molar-refractivity contribution in [1.82, 2.24) is 4.90 Å². The standard InChI is InChI=1S/C24H20ClNO3/c1-26(13-16-5-3-2-4-6-16)14-20-22(27)12-11-19-23(28)21(15-29-24(19)20)17-7-9-18(25)10-8-17/h2-12,15,27H,13-14H2,1H3. The number of rotatable bonds is 5. The minimum Gasteiger partial charge on any atom is -0.507 e. The maximum atomic E-state index is 13.1. The van der Waals surface area contributed by atoms with Gasteiger partial charge in [0, 0.05) is 18.1 Å². The molecule has 0 fully saturated rings. The quantitative estimate of drug-likeness (QED) is 0.479. The van der Waals surface area contributed by atoms with Crippen molar-refractivity contribution in [3.63, 3.8) is 0 Å². The molecule has 0 aliphatic carbocycles. The van der Waals surface area contributed by atoms with E-state index in [2.05, 4.69) is 17.0 Å². The fourth-order valence-electron chi connectivity index (χ4n) is 3.45. The average Bonchev–Trinajstić information content (AvgIpc) is 2.72. The van der Waals surface area contributed by atoms with Crippen molar-refractivity contribution >= 4 is 22.6 Å². The number of halogens is 1. The predicted molar refractivity (Wildman–Crippen MR) is 116 cm³/mol. The van der Waals surface area contributed by atoms with Gasteiger partial charge < -0.3 is 9.52 Å². The van der Waals surface area contributed by atoms with Crippen LogP contribution in [0.3, 0.4) is 0 Å². The summed E-state index contributed by atoms with van der Waals surface area (Å²) in [4.78, 5) is 15.1. The molecule has 5 heteroatoms. The first-order chi connectivity index (χ1) is 14.0. The SMILES string of the molecule is CN(Cc1ccccc1)Cc1c(O)ccc2c(=O)c(-c3ccc(Cl)cc3)coc12. The van der Waals surface area contributed by atoms with E-state index in [1.807, 2.05) is 25.2 Å². The van der Waals surface area contributed by atoms with Crippen LogP contribution < -0.4 is 5.43 Å². The average molecular weight is 406 g/mol. The summed E-state index contributed by atoms with van der Waals surface area (Å²) in [6, 6.07) is 20.3. The Morgan fingerprint density at radius 1 is 0.966 bits per heavy atom. The largest absolute Gasteiger partial charge is 0.507 e. The molecule has 146 valence electrons. The van der Waals surface area contributed by atoms with E-state index in [0.29, 0.717) is 40.2 Å². The minimum atomic E-state index is -0.138. The molecule has 3 aromatic carbocycles. The van der Waals surface area contributed by atoms with E-state index in [0.717, 1.165) is 5.56 Å². The third-order valence-corrected chi connectivity index (χ3v) is 5.15. The van der Waals surface area contributed by atoms with Gasteiger partial charge >= 0.3 is 0 Å². The molecule has 4 rings (SSSR count). The monoisotopic (exact) mass is 405 g/mol. The van der Waals surface area contributed by atoms with Gasteiger partial charge in [-0.15, -0.1) is 0 Å². The number of nitrogens with zero attached hydrogens (tertiary/aromatic N) is 1. The summed E-state index contributed by atoms with van der Waals surface area (Å²) in [5.41, 5.74) is 3.24. The number of hydrogen-bond acceptors (Lipinski definition) is 4. The van der Waals surface area contributed by atoms with Crippen molar-refractivity contribution in [2.24, 2.45) is 0 Å². The lowest BCUT2D eigenvalue weighted by atomic mass is 10.0. The molecule has 0 radical (unpaired) electrons. The zero-order chi connectivity index (χ0) is 20.4. The second-order valence-corrected chi connectivity index (χ2v) is 7.52. The highest BCUT2D eigenvalue weighted by atomic mass is 35.5. The molecule has 0 atom stereocenters. The molecule has 0 saturated heterocycles. The van der Waals surface area contributed by atoms with Crippen LogP contribution >= 0.6 is 11.6 Å². The van der Waals surface area contributed by atoms with Gasteiger partial charge in [-0.1, -0.05) is 54.1 Å². The number of hydrogen-bond donors (Lipinski definition) is 1. The summed E-state index contributed by atoms with van der Waals surface area (Å²) < 4.78 is 5.85. The lowest BCUT2D eigenvalue weighted by molar-refractivity contribution is 0.312. The van der Waals surface area contributed by atoms with Gasteiger partial charge in [0.05, 0.1) is 16.5 Å². The van der Waals surface area contributed by atoms with Gasteiger partial charge in [-0.05, 0) is 42.4 Å². The van der Waals surface area contributed by atoms with Crippen LogP contribution in [0.4, 0.5) is 0 Å². The molecule has 4 nitrogen and oxygen atoms in total. The molecule has 4 aromatic rings. The lowest BCUT2D eigenvalue weighted by Crippen LogP contribution is -2.18. The number of phenolic OH excluding ortho intramolecular Hbond substituents is 1. The summed E-state index contributed by atoms with van der Waals surface area (Å²) in [6.07, 6.45) is 1.45. The van der Waals surface area contributed by atoms with Gasteiger partial charge in [0.1, 0.15) is 17.6 Å². The highest BCUT2D eigenvalue weighted by Crippen LogP contribution is 2.29. The summed E-state index contributed by atoms with van der Waals surface area (Å²) >= 11 is 5.94. The van der Waals surface area contributed by atoms with Crippen LogP contribution in [0.1, 0.15) is 11.1 Å². The first-order valence-corrected chi connectivity index (χ1v) is 9.65. The molecule has 1 aromatic heterocycles. The third kappa shape index (κ3) is 4.04. The molecule has 29 heavy (non-hydrogen) atoms. The summed E-state index contributed by atoms with van der Waals surface area (Å²) in [5, 5.41) is 11.5. The van der Waals surface area contributed by atoms with Gasteiger partial charge in [-0.25, -0.2) is 0 Å². The number of aromatic hydroxyl groups is 1. The topological polar surface area (TPSA) is 53.7 Å². The van der Waals surface area contributed by atoms with Crippen molar-refractivity contribution in [1.29, 1.82) is 0 Å². The number of fused-ring (bicyclic) bond motifs is 1. The van der Waals surface area contributed by atoms with Crippen LogP contribution in [0.25, 0.3) is 22.1 Å². The Balaban J connectivity index is 1.71. The molecule has 0 bridgehead atoms. The Bertz CT molecular complexity index is 1200. The molecule has 0 spiro atoms. The Morgan fingerprint density at radius 3 is 2.41 bits per heavy atom. The molecule has 1 heterocycles. The lowest BCUT2D eigenvalue weighted by Gasteiger charge is -2.18. The van der Waals surface area contributed by atoms with Crippen LogP contribution in [0.15, 0.2) is 82.2 Å². The highest BCUT2D eigenvalue weighted by molar-refractivity contribution is 6.30. The van der Waals surface area contributed by atoms with Crippen molar-refractivity contribution in [3.8, 4) is 16.9 Å². The molecular formula is C24H20ClNO3. The molecule has 0 amide bonds. The summed E-state index contributed by atoms with van der Waals surface area (Å²) in [6.45, 7) is 1.16. The molecule has 0 aliphatic heterocycles. The minimum absolute atomic E-state index is 0.111. The van der Waals surface area contributed by atoms with E-state index in [4.69, 9.17) is 16.0 Å². The van der Waals surface area contributed by atoms with Crippen molar-refractivity contribution in [3.05, 3.63) is 99.4 Å². The van der Waals surface area contributed by atoms with Gasteiger partial charge in [0.2, 0.25) is 5.43 Å². The Kier molecular flexibility index (Phi) is 5.38. The van der Waals surface area contributed by atoms with Gasteiger partial charge in [-0.2, -0.15) is 0 Å². The summed E-state index contributed by atoms with van der Waals surface area (Å²) in [5.74, 6) is 0.111. The van der Waals surface area contributed by atoms with Crippen LogP contribution in [0, 0.1) is 0 Å². The molecule has 0 saturated carbocycles. The van der Waals surface area contributed by atoms with Crippen LogP contribution in [-0.4, -0.2) is 17.1 Å². The molecular weight excluding hydrogens is 386 g/mol. The van der Waals surface area contributed by atoms with Gasteiger partial charge in [-0.3, -0.25) is 9.69 Å². The normalized spacial score (nSPS) is 11.3. The fraction of sp³-hybridized carbons (Fsp3) is 0.125. The van der Waals surface area contributed by atoms with Gasteiger partial charge in [0.25, 0.3) is 0 Å². The maximum Gasteiger partial charge on any atom is 0.200 e. The number of benzene rings is 3. The second kappa shape index (κ2) is 8.11. The zero-order valence-corrected chi connectivity index (χ0v) is 16.7. The van der Waals surface area contributed by atoms with Crippen molar-refractivity contribution in [2.75, 3.05) is 7.05 Å². The van der Waals surface area contributed by atoms with E-state index in [1.165, 1.54) is 11.8 Å². The first-order valence-electron chi connectivity index (χ1n) is 9.27. The molecule has 1 N–H and O–H groups in total. The van der Waals surface area contributed by atoms with Crippen LogP contribution in [-0.2, 0) is 13.1 Å². The Labute approximate surface area is 173 Å². The Hall–Kier alpha value is -3.08. The first kappa shape index (κ1) is 19.2. The molecule has 0 aliphatic rings. The van der Waals surface area contributed by atoms with E-state index in [-0.39, 0.29) is 11.2 Å². The Morgan fingerprint density at radius 2 is 1.69 bits per heavy atom. The van der Waals surface area contributed by atoms with Crippen molar-refractivity contribution < 1.29 is 9.52 Å². The maximum absolute atomic E-state index is 13.1. The van der Waals surface area contributed by atoms with E-state index in [1.54, 1.807) is 36.4 Å². The van der Waals surface area contributed by atoms with E-state index in [9.17, 15) is 9.90 Å². The van der Waals surface area contributed by atoms with Crippen LogP contribution in [0.2, 0.25) is 5.02 Å². The van der Waals surface area contributed by atoms with Crippen molar-refractivity contribution in [2.45, 2.75) is 13.1 Å². The summed E-state index contributed by atoms with van der Waals surface area (Å²) in [7, 11) is 1.96. The fourth-order valence-corrected chi connectivity index (χ4v) is 3.58. The molecule has 0 unspecified atom stereocenters. The van der Waals surface area contributed by atoms with E-state index < -0.39 is 0 Å². The van der Waals surface area contributed by atoms with Crippen LogP contribution in [0.5, 0.6) is 5.75 Å². The van der Waals surface area contributed by atoms with E-state index >= 15 is 0 Å². The number of phenols is 1. The predicted octanol–water partition coefficient (Wildman–Crippen LogP) is 5.45. The zero-order valence-electron chi connectivity index (χ0n) is 15.9. The van der Waals surface area contributed by atoms with Gasteiger partial charge in [0.15, 0.2) is 0 Å².